The van der Waals surface area contributed by atoms with Crippen molar-refractivity contribution in [2.75, 3.05) is 25.1 Å². The topological polar surface area (TPSA) is 84.2 Å². The smallest absolute Gasteiger partial charge is 0.197 e. The Balaban J connectivity index is 1.68. The maximum atomic E-state index is 13.9. The summed E-state index contributed by atoms with van der Waals surface area (Å²) < 4.78 is 32.0. The number of anilines is 1. The Hall–Kier alpha value is -2.71. The van der Waals surface area contributed by atoms with Gasteiger partial charge in [-0.25, -0.2) is 9.37 Å². The normalized spacial score (nSPS) is 17.2. The van der Waals surface area contributed by atoms with Crippen molar-refractivity contribution < 1.29 is 13.3 Å². The van der Waals surface area contributed by atoms with Gasteiger partial charge in [0.15, 0.2) is 16.7 Å². The van der Waals surface area contributed by atoms with Crippen molar-refractivity contribution in [2.24, 2.45) is 5.73 Å². The minimum Gasteiger partial charge on any atom is -0.494 e. The van der Waals surface area contributed by atoms with E-state index in [1.807, 2.05) is 24.3 Å². The van der Waals surface area contributed by atoms with Crippen LogP contribution in [0.3, 0.4) is 0 Å². The number of para-hydroxylation sites is 1. The van der Waals surface area contributed by atoms with Gasteiger partial charge >= 0.3 is 0 Å². The molecule has 0 saturated heterocycles. The number of hydrogen-bond donors (Lipinski definition) is 2. The summed E-state index contributed by atoms with van der Waals surface area (Å²) in [5.41, 5.74) is 10.3. The molecule has 0 fully saturated rings. The van der Waals surface area contributed by atoms with Crippen LogP contribution in [-0.4, -0.2) is 34.4 Å². The Morgan fingerprint density at radius 2 is 2.31 bits per heavy atom. The first-order chi connectivity index (χ1) is 14.0. The molecule has 0 spiro atoms. The van der Waals surface area contributed by atoms with Crippen molar-refractivity contribution >= 4 is 27.5 Å². The number of nitrogens with one attached hydrogen (secondary N) is 1. The number of nitrogens with zero attached hydrogens (tertiary/aromatic N) is 2. The number of benzene rings is 2. The van der Waals surface area contributed by atoms with Crippen LogP contribution in [0.1, 0.15) is 23.6 Å². The van der Waals surface area contributed by atoms with Gasteiger partial charge in [-0.3, -0.25) is 4.21 Å². The second-order valence-electron chi connectivity index (χ2n) is 7.02. The zero-order chi connectivity index (χ0) is 20.5. The van der Waals surface area contributed by atoms with Crippen molar-refractivity contribution in [2.45, 2.75) is 23.4 Å². The van der Waals surface area contributed by atoms with E-state index >= 15 is 0 Å². The van der Waals surface area contributed by atoms with E-state index in [4.69, 9.17) is 10.5 Å². The minimum atomic E-state index is -1.43. The first kappa shape index (κ1) is 19.6. The first-order valence-corrected chi connectivity index (χ1v) is 10.7. The number of ether oxygens (including phenoxy) is 1. The van der Waals surface area contributed by atoms with E-state index in [0.717, 1.165) is 29.8 Å². The predicted molar refractivity (Wildman–Crippen MR) is 113 cm³/mol. The summed E-state index contributed by atoms with van der Waals surface area (Å²) in [5.74, 6) is -0.108. The van der Waals surface area contributed by atoms with E-state index in [2.05, 4.69) is 21.4 Å². The van der Waals surface area contributed by atoms with Gasteiger partial charge in [-0.05, 0) is 17.5 Å². The number of imidazole rings is 1. The molecule has 4 rings (SSSR count). The van der Waals surface area contributed by atoms with Gasteiger partial charge in [0.25, 0.3) is 0 Å². The average Bonchev–Trinajstić information content (AvgIpc) is 3.12. The van der Waals surface area contributed by atoms with Crippen LogP contribution in [0, 0.1) is 5.82 Å². The summed E-state index contributed by atoms with van der Waals surface area (Å²) in [4.78, 5) is 9.58. The molecule has 8 heteroatoms. The Morgan fingerprint density at radius 1 is 1.48 bits per heavy atom. The van der Waals surface area contributed by atoms with E-state index in [9.17, 15) is 8.60 Å². The molecule has 2 aromatic carbocycles. The molecule has 29 heavy (non-hydrogen) atoms. The molecule has 0 radical (unpaired) electrons. The van der Waals surface area contributed by atoms with Crippen molar-refractivity contribution in [3.8, 4) is 5.75 Å². The molecule has 0 bridgehead atoms. The number of rotatable bonds is 6. The van der Waals surface area contributed by atoms with E-state index < -0.39 is 16.6 Å². The summed E-state index contributed by atoms with van der Waals surface area (Å²) in [6.07, 6.45) is 2.72. The van der Waals surface area contributed by atoms with Gasteiger partial charge in [0.2, 0.25) is 0 Å². The van der Waals surface area contributed by atoms with Crippen LogP contribution < -0.4 is 15.4 Å². The maximum absolute atomic E-state index is 13.9. The van der Waals surface area contributed by atoms with Gasteiger partial charge in [-0.2, -0.15) is 0 Å². The molecule has 1 aliphatic rings. The fourth-order valence-corrected chi connectivity index (χ4v) is 4.85. The highest BCUT2D eigenvalue weighted by atomic mass is 32.2. The van der Waals surface area contributed by atoms with Crippen LogP contribution in [0.25, 0.3) is 11.0 Å². The van der Waals surface area contributed by atoms with Crippen LogP contribution in [-0.2, 0) is 16.6 Å². The van der Waals surface area contributed by atoms with Crippen molar-refractivity contribution in [1.82, 2.24) is 9.97 Å². The predicted octanol–water partition coefficient (Wildman–Crippen LogP) is 3.41. The highest BCUT2D eigenvalue weighted by Gasteiger charge is 2.25. The molecule has 3 aromatic rings. The molecule has 2 unspecified atom stereocenters. The van der Waals surface area contributed by atoms with Gasteiger partial charge in [0.1, 0.15) is 0 Å². The van der Waals surface area contributed by atoms with Gasteiger partial charge in [0, 0.05) is 37.0 Å². The molecule has 6 nitrogen and oxygen atoms in total. The van der Waals surface area contributed by atoms with Gasteiger partial charge in [0.05, 0.1) is 34.7 Å². The lowest BCUT2D eigenvalue weighted by atomic mass is 9.94. The summed E-state index contributed by atoms with van der Waals surface area (Å²) in [7, 11) is -0.0366. The van der Waals surface area contributed by atoms with Crippen LogP contribution in [0.4, 0.5) is 10.1 Å². The van der Waals surface area contributed by atoms with Crippen molar-refractivity contribution in [1.29, 1.82) is 0 Å². The van der Waals surface area contributed by atoms with Crippen LogP contribution in [0.15, 0.2) is 48.1 Å². The molecule has 152 valence electrons. The van der Waals surface area contributed by atoms with E-state index in [0.29, 0.717) is 22.7 Å². The molecule has 0 aliphatic carbocycles. The van der Waals surface area contributed by atoms with Crippen molar-refractivity contribution in [3.05, 3.63) is 59.9 Å². The second-order valence-corrected chi connectivity index (χ2v) is 8.39. The molecule has 1 aromatic heterocycles. The van der Waals surface area contributed by atoms with Crippen LogP contribution in [0.5, 0.6) is 5.75 Å². The fraction of sp³-hybridized carbons (Fsp3) is 0.286. The van der Waals surface area contributed by atoms with E-state index in [-0.39, 0.29) is 17.5 Å². The molecular formula is C21H23FN4O2S. The molecule has 0 amide bonds. The Kier molecular flexibility index (Phi) is 5.38. The molecule has 2 heterocycles. The molecular weight excluding hydrogens is 391 g/mol. The number of aromatic nitrogens is 2. The third kappa shape index (κ3) is 3.65. The van der Waals surface area contributed by atoms with Gasteiger partial charge in [-0.15, -0.1) is 6.58 Å². The number of hydrogen-bond acceptors (Lipinski definition) is 5. The number of H-pyrrole nitrogens is 1. The Morgan fingerprint density at radius 3 is 3.07 bits per heavy atom. The minimum absolute atomic E-state index is 0.0407. The van der Waals surface area contributed by atoms with Crippen LogP contribution in [0.2, 0.25) is 0 Å². The van der Waals surface area contributed by atoms with Gasteiger partial charge < -0.3 is 20.4 Å². The zero-order valence-electron chi connectivity index (χ0n) is 16.2. The lowest BCUT2D eigenvalue weighted by Crippen LogP contribution is -2.34. The van der Waals surface area contributed by atoms with Crippen molar-refractivity contribution in [3.63, 3.8) is 0 Å². The SMILES string of the molecule is C=CCN1CCC(N)c2cccc(CS(=O)c3nc4cc(OC)c(F)cc4[nH]3)c21. The lowest BCUT2D eigenvalue weighted by Gasteiger charge is -2.35. The monoisotopic (exact) mass is 414 g/mol. The maximum Gasteiger partial charge on any atom is 0.197 e. The third-order valence-corrected chi connectivity index (χ3v) is 6.36. The second kappa shape index (κ2) is 7.96. The van der Waals surface area contributed by atoms with E-state index in [1.165, 1.54) is 19.2 Å². The molecule has 3 N–H and O–H groups in total. The van der Waals surface area contributed by atoms with Gasteiger partial charge in [-0.1, -0.05) is 24.3 Å². The number of methoxy groups -OCH3 is 1. The largest absolute Gasteiger partial charge is 0.494 e. The molecule has 1 aliphatic heterocycles. The summed E-state index contributed by atoms with van der Waals surface area (Å²) in [6, 6.07) is 8.70. The fourth-order valence-electron chi connectivity index (χ4n) is 3.77. The molecule has 0 saturated carbocycles. The summed E-state index contributed by atoms with van der Waals surface area (Å²) >= 11 is 0. The van der Waals surface area contributed by atoms with Crippen LogP contribution >= 0.6 is 0 Å². The first-order valence-electron chi connectivity index (χ1n) is 9.36. The zero-order valence-corrected chi connectivity index (χ0v) is 17.0. The Labute approximate surface area is 171 Å². The van der Waals surface area contributed by atoms with E-state index in [1.54, 1.807) is 0 Å². The standard InChI is InChI=1S/C21H23FN4O2S/c1-3-8-26-9-7-16(23)14-6-4-5-13(20(14)26)12-29(27)21-24-17-10-15(22)19(28-2)11-18(17)25-21/h3-6,10-11,16H,1,7-9,12,23H2,2H3,(H,24,25). The third-order valence-electron chi connectivity index (χ3n) is 5.16. The lowest BCUT2D eigenvalue weighted by molar-refractivity contribution is 0.387. The highest BCUT2D eigenvalue weighted by molar-refractivity contribution is 7.84. The quantitative estimate of drug-likeness (QED) is 0.604. The summed E-state index contributed by atoms with van der Waals surface area (Å²) in [6.45, 7) is 5.37. The molecule has 2 atom stereocenters. The number of halogens is 1. The summed E-state index contributed by atoms with van der Waals surface area (Å²) in [5, 5.41) is 0.306. The average molecular weight is 415 g/mol. The number of fused-ring (bicyclic) bond motifs is 2. The number of nitrogens with two attached hydrogens (primary N) is 1. The Bertz CT molecular complexity index is 1100. The highest BCUT2D eigenvalue weighted by Crippen LogP contribution is 2.36. The number of aromatic amines is 1.